The molecular formula is C13H15ClN2O. The molecule has 3 nitrogen and oxygen atoms in total. The molecule has 0 atom stereocenters. The fraction of sp³-hybridized carbons (Fsp3) is 0.308. The third-order valence-electron chi connectivity index (χ3n) is 2.64. The highest BCUT2D eigenvalue weighted by Gasteiger charge is 2.02. The number of aromatic amines is 1. The number of benzene rings is 1. The van der Waals surface area contributed by atoms with Gasteiger partial charge in [-0.1, -0.05) is 24.9 Å². The SMILES string of the molecule is CCCCNc1cc(=O)c2cc(Cl)ccc2[nH]1. The zero-order valence-electron chi connectivity index (χ0n) is 9.72. The molecule has 4 heteroatoms. The normalized spacial score (nSPS) is 10.7. The number of aromatic nitrogens is 1. The molecule has 90 valence electrons. The van der Waals surface area contributed by atoms with Crippen molar-refractivity contribution >= 4 is 28.3 Å². The Morgan fingerprint density at radius 1 is 1.35 bits per heavy atom. The molecule has 2 aromatic rings. The zero-order chi connectivity index (χ0) is 12.3. The molecule has 0 aliphatic rings. The van der Waals surface area contributed by atoms with Crippen LogP contribution in [0.5, 0.6) is 0 Å². The largest absolute Gasteiger partial charge is 0.372 e. The summed E-state index contributed by atoms with van der Waals surface area (Å²) in [4.78, 5) is 15.0. The molecule has 1 aromatic carbocycles. The maximum absolute atomic E-state index is 11.9. The molecule has 0 radical (unpaired) electrons. The van der Waals surface area contributed by atoms with Crippen LogP contribution in [0.2, 0.25) is 5.02 Å². The predicted molar refractivity (Wildman–Crippen MR) is 73.0 cm³/mol. The summed E-state index contributed by atoms with van der Waals surface area (Å²) in [5.74, 6) is 0.762. The minimum atomic E-state index is -0.0137. The lowest BCUT2D eigenvalue weighted by Gasteiger charge is -2.07. The summed E-state index contributed by atoms with van der Waals surface area (Å²) in [6.07, 6.45) is 2.21. The molecule has 0 spiro atoms. The highest BCUT2D eigenvalue weighted by molar-refractivity contribution is 6.31. The van der Waals surface area contributed by atoms with Crippen LogP contribution in [0.15, 0.2) is 29.1 Å². The fourth-order valence-electron chi connectivity index (χ4n) is 1.71. The van der Waals surface area contributed by atoms with E-state index < -0.39 is 0 Å². The van der Waals surface area contributed by atoms with Gasteiger partial charge in [-0.3, -0.25) is 4.79 Å². The van der Waals surface area contributed by atoms with E-state index in [4.69, 9.17) is 11.6 Å². The molecule has 2 rings (SSSR count). The molecule has 1 heterocycles. The van der Waals surface area contributed by atoms with Crippen molar-refractivity contribution in [2.75, 3.05) is 11.9 Å². The topological polar surface area (TPSA) is 44.9 Å². The number of unbranched alkanes of at least 4 members (excludes halogenated alkanes) is 1. The van der Waals surface area contributed by atoms with Gasteiger partial charge in [-0.25, -0.2) is 0 Å². The summed E-state index contributed by atoms with van der Waals surface area (Å²) in [6, 6.07) is 6.86. The number of nitrogens with one attached hydrogen (secondary N) is 2. The Bertz CT molecular complexity index is 577. The van der Waals surface area contributed by atoms with Crippen LogP contribution in [0.1, 0.15) is 19.8 Å². The summed E-state index contributed by atoms with van der Waals surface area (Å²) in [6.45, 7) is 3.00. The average Bonchev–Trinajstić information content (AvgIpc) is 2.31. The summed E-state index contributed by atoms with van der Waals surface area (Å²) >= 11 is 5.86. The number of fused-ring (bicyclic) bond motifs is 1. The van der Waals surface area contributed by atoms with Gasteiger partial charge < -0.3 is 10.3 Å². The summed E-state index contributed by atoms with van der Waals surface area (Å²) in [5, 5.41) is 4.41. The van der Waals surface area contributed by atoms with E-state index in [2.05, 4.69) is 17.2 Å². The first kappa shape index (κ1) is 12.0. The molecule has 0 fully saturated rings. The van der Waals surface area contributed by atoms with Crippen LogP contribution in [0.4, 0.5) is 5.82 Å². The van der Waals surface area contributed by atoms with Gasteiger partial charge in [0.2, 0.25) is 0 Å². The standard InChI is InChI=1S/C13H15ClN2O/c1-2-3-6-15-13-8-12(17)10-7-9(14)4-5-11(10)16-13/h4-5,7-8H,2-3,6H2,1H3,(H2,15,16,17). The Balaban J connectivity index is 2.35. The minimum Gasteiger partial charge on any atom is -0.372 e. The van der Waals surface area contributed by atoms with E-state index in [1.807, 2.05) is 6.07 Å². The molecular weight excluding hydrogens is 236 g/mol. The zero-order valence-corrected chi connectivity index (χ0v) is 10.5. The molecule has 2 N–H and O–H groups in total. The smallest absolute Gasteiger partial charge is 0.191 e. The van der Waals surface area contributed by atoms with Crippen molar-refractivity contribution in [2.24, 2.45) is 0 Å². The number of hydrogen-bond acceptors (Lipinski definition) is 2. The Morgan fingerprint density at radius 2 is 2.18 bits per heavy atom. The summed E-state index contributed by atoms with van der Waals surface area (Å²) in [5.41, 5.74) is 0.793. The van der Waals surface area contributed by atoms with E-state index in [0.29, 0.717) is 10.4 Å². The molecule has 17 heavy (non-hydrogen) atoms. The maximum atomic E-state index is 11.9. The van der Waals surface area contributed by atoms with E-state index in [0.717, 1.165) is 30.7 Å². The van der Waals surface area contributed by atoms with Crippen LogP contribution in [-0.4, -0.2) is 11.5 Å². The third-order valence-corrected chi connectivity index (χ3v) is 2.87. The van der Waals surface area contributed by atoms with E-state index in [-0.39, 0.29) is 5.43 Å². The van der Waals surface area contributed by atoms with Gasteiger partial charge >= 0.3 is 0 Å². The first-order valence-corrected chi connectivity index (χ1v) is 6.15. The van der Waals surface area contributed by atoms with Crippen LogP contribution in [-0.2, 0) is 0 Å². The van der Waals surface area contributed by atoms with Crippen molar-refractivity contribution in [3.05, 3.63) is 39.5 Å². The highest BCUT2D eigenvalue weighted by atomic mass is 35.5. The minimum absolute atomic E-state index is 0.0137. The number of anilines is 1. The van der Waals surface area contributed by atoms with Gasteiger partial charge in [-0.2, -0.15) is 0 Å². The lowest BCUT2D eigenvalue weighted by Crippen LogP contribution is -2.08. The predicted octanol–water partition coefficient (Wildman–Crippen LogP) is 3.39. The molecule has 0 bridgehead atoms. The number of pyridine rings is 1. The summed E-state index contributed by atoms with van der Waals surface area (Å²) < 4.78 is 0. The fourth-order valence-corrected chi connectivity index (χ4v) is 1.89. The monoisotopic (exact) mass is 250 g/mol. The molecule has 0 saturated carbocycles. The van der Waals surface area contributed by atoms with Gasteiger partial charge in [0.15, 0.2) is 5.43 Å². The summed E-state index contributed by atoms with van der Waals surface area (Å²) in [7, 11) is 0. The molecule has 1 aromatic heterocycles. The number of hydrogen-bond donors (Lipinski definition) is 2. The van der Waals surface area contributed by atoms with Crippen LogP contribution in [0.25, 0.3) is 10.9 Å². The molecule has 0 aliphatic carbocycles. The van der Waals surface area contributed by atoms with E-state index in [1.54, 1.807) is 18.2 Å². The average molecular weight is 251 g/mol. The Hall–Kier alpha value is -1.48. The molecule has 0 amide bonds. The van der Waals surface area contributed by atoms with E-state index in [9.17, 15) is 4.79 Å². The van der Waals surface area contributed by atoms with Crippen LogP contribution in [0, 0.1) is 0 Å². The maximum Gasteiger partial charge on any atom is 0.191 e. The van der Waals surface area contributed by atoms with Gasteiger partial charge in [0.05, 0.1) is 5.52 Å². The van der Waals surface area contributed by atoms with Gasteiger partial charge in [0.25, 0.3) is 0 Å². The second kappa shape index (κ2) is 5.23. The second-order valence-corrected chi connectivity index (χ2v) is 4.45. The Kier molecular flexibility index (Phi) is 3.69. The first-order chi connectivity index (χ1) is 8.20. The van der Waals surface area contributed by atoms with Crippen molar-refractivity contribution in [3.8, 4) is 0 Å². The lowest BCUT2D eigenvalue weighted by molar-refractivity contribution is 0.831. The first-order valence-electron chi connectivity index (χ1n) is 5.77. The van der Waals surface area contributed by atoms with Crippen molar-refractivity contribution in [1.29, 1.82) is 0 Å². The molecule has 0 aliphatic heterocycles. The van der Waals surface area contributed by atoms with E-state index in [1.165, 1.54) is 0 Å². The van der Waals surface area contributed by atoms with Gasteiger partial charge in [-0.05, 0) is 24.6 Å². The van der Waals surface area contributed by atoms with Crippen molar-refractivity contribution in [1.82, 2.24) is 4.98 Å². The Labute approximate surface area is 105 Å². The van der Waals surface area contributed by atoms with Gasteiger partial charge in [-0.15, -0.1) is 0 Å². The number of H-pyrrole nitrogens is 1. The number of rotatable bonds is 4. The van der Waals surface area contributed by atoms with Crippen LogP contribution >= 0.6 is 11.6 Å². The van der Waals surface area contributed by atoms with Crippen LogP contribution in [0.3, 0.4) is 0 Å². The molecule has 0 unspecified atom stereocenters. The van der Waals surface area contributed by atoms with Crippen molar-refractivity contribution in [2.45, 2.75) is 19.8 Å². The van der Waals surface area contributed by atoms with Gasteiger partial charge in [0, 0.05) is 23.0 Å². The number of halogens is 1. The van der Waals surface area contributed by atoms with Crippen molar-refractivity contribution < 1.29 is 0 Å². The Morgan fingerprint density at radius 3 is 2.94 bits per heavy atom. The van der Waals surface area contributed by atoms with Gasteiger partial charge in [0.1, 0.15) is 5.82 Å². The van der Waals surface area contributed by atoms with E-state index >= 15 is 0 Å². The molecule has 0 saturated heterocycles. The van der Waals surface area contributed by atoms with Crippen molar-refractivity contribution in [3.63, 3.8) is 0 Å². The lowest BCUT2D eigenvalue weighted by atomic mass is 10.2. The second-order valence-electron chi connectivity index (χ2n) is 4.02. The third kappa shape index (κ3) is 2.80. The quantitative estimate of drug-likeness (QED) is 0.817. The van der Waals surface area contributed by atoms with Crippen LogP contribution < -0.4 is 10.7 Å². The highest BCUT2D eigenvalue weighted by Crippen LogP contribution is 2.16.